The number of benzene rings is 2. The van der Waals surface area contributed by atoms with E-state index in [1.807, 2.05) is 24.3 Å². The zero-order valence-corrected chi connectivity index (χ0v) is 15.6. The lowest BCUT2D eigenvalue weighted by molar-refractivity contribution is 0.302. The van der Waals surface area contributed by atoms with E-state index in [2.05, 4.69) is 41.7 Å². The van der Waals surface area contributed by atoms with Crippen LogP contribution in [-0.4, -0.2) is 6.54 Å². The molecule has 0 aliphatic heterocycles. The Bertz CT molecular complexity index is 654. The molecule has 134 valence electrons. The van der Waals surface area contributed by atoms with Gasteiger partial charge in [0.25, 0.3) is 0 Å². The third-order valence-electron chi connectivity index (χ3n) is 4.53. The maximum Gasteiger partial charge on any atom is 0.124 e. The second-order valence-corrected chi connectivity index (χ2v) is 6.42. The maximum absolute atomic E-state index is 6.02. The molecule has 0 unspecified atom stereocenters. The van der Waals surface area contributed by atoms with E-state index in [1.165, 1.54) is 43.2 Å². The van der Waals surface area contributed by atoms with Crippen LogP contribution in [0.2, 0.25) is 0 Å². The van der Waals surface area contributed by atoms with Gasteiger partial charge in [-0.15, -0.1) is 12.4 Å². The number of rotatable bonds is 8. The van der Waals surface area contributed by atoms with Crippen LogP contribution >= 0.6 is 12.4 Å². The summed E-state index contributed by atoms with van der Waals surface area (Å²) in [7, 11) is 0. The molecule has 25 heavy (non-hydrogen) atoms. The summed E-state index contributed by atoms with van der Waals surface area (Å²) < 4.78 is 6.02. The normalized spacial score (nSPS) is 13.7. The van der Waals surface area contributed by atoms with Crippen molar-refractivity contribution in [2.45, 2.75) is 45.3 Å². The molecule has 0 amide bonds. The van der Waals surface area contributed by atoms with Gasteiger partial charge in [-0.1, -0.05) is 60.2 Å². The van der Waals surface area contributed by atoms with E-state index < -0.39 is 0 Å². The SMILES string of the molecule is C1=C(CCNCc2ccccc2OCc2ccccc2)CCCC1.Cl. The molecule has 2 nitrogen and oxygen atoms in total. The average Bonchev–Trinajstić information content (AvgIpc) is 2.66. The number of ether oxygens (including phenoxy) is 1. The summed E-state index contributed by atoms with van der Waals surface area (Å²) in [5, 5.41) is 3.57. The molecule has 0 bridgehead atoms. The van der Waals surface area contributed by atoms with Gasteiger partial charge in [-0.3, -0.25) is 0 Å². The molecule has 1 N–H and O–H groups in total. The van der Waals surface area contributed by atoms with E-state index >= 15 is 0 Å². The predicted molar refractivity (Wildman–Crippen MR) is 107 cm³/mol. The molecule has 1 aliphatic carbocycles. The van der Waals surface area contributed by atoms with Crippen LogP contribution in [0.5, 0.6) is 5.75 Å². The van der Waals surface area contributed by atoms with Gasteiger partial charge in [-0.25, -0.2) is 0 Å². The van der Waals surface area contributed by atoms with Crippen LogP contribution in [0.3, 0.4) is 0 Å². The summed E-state index contributed by atoms with van der Waals surface area (Å²) >= 11 is 0. The quantitative estimate of drug-likeness (QED) is 0.485. The Balaban J connectivity index is 0.00000225. The predicted octanol–water partition coefficient (Wildman–Crippen LogP) is 5.67. The van der Waals surface area contributed by atoms with Gasteiger partial charge in [-0.2, -0.15) is 0 Å². The van der Waals surface area contributed by atoms with E-state index in [9.17, 15) is 0 Å². The Morgan fingerprint density at radius 2 is 1.72 bits per heavy atom. The summed E-state index contributed by atoms with van der Waals surface area (Å²) in [6.45, 7) is 2.52. The standard InChI is InChI=1S/C22H27NO.ClH/c1-3-9-19(10-4-1)15-16-23-17-21-13-7-8-14-22(21)24-18-20-11-5-2-6-12-20;/h2,5-9,11-14,23H,1,3-4,10,15-18H2;1H. The zero-order valence-electron chi connectivity index (χ0n) is 14.7. The molecule has 0 saturated heterocycles. The third kappa shape index (κ3) is 6.56. The fraction of sp³-hybridized carbons (Fsp3) is 0.364. The van der Waals surface area contributed by atoms with Gasteiger partial charge >= 0.3 is 0 Å². The molecule has 0 atom stereocenters. The highest BCUT2D eigenvalue weighted by Gasteiger charge is 2.05. The highest BCUT2D eigenvalue weighted by atomic mass is 35.5. The summed E-state index contributed by atoms with van der Waals surface area (Å²) in [5.74, 6) is 0.978. The lowest BCUT2D eigenvalue weighted by Crippen LogP contribution is -2.16. The molecule has 0 saturated carbocycles. The van der Waals surface area contributed by atoms with E-state index in [0.717, 1.165) is 18.8 Å². The fourth-order valence-corrected chi connectivity index (χ4v) is 3.13. The molecule has 2 aromatic rings. The minimum Gasteiger partial charge on any atom is -0.489 e. The van der Waals surface area contributed by atoms with Crippen molar-refractivity contribution in [3.8, 4) is 5.75 Å². The summed E-state index contributed by atoms with van der Waals surface area (Å²) in [5.41, 5.74) is 4.05. The summed E-state index contributed by atoms with van der Waals surface area (Å²) in [4.78, 5) is 0. The Morgan fingerprint density at radius 3 is 2.52 bits per heavy atom. The Labute approximate surface area is 157 Å². The van der Waals surface area contributed by atoms with Crippen molar-refractivity contribution in [1.29, 1.82) is 0 Å². The van der Waals surface area contributed by atoms with Crippen LogP contribution in [0, 0.1) is 0 Å². The van der Waals surface area contributed by atoms with Crippen molar-refractivity contribution in [2.24, 2.45) is 0 Å². The number of allylic oxidation sites excluding steroid dienone is 1. The first kappa shape index (κ1) is 19.6. The van der Waals surface area contributed by atoms with Crippen molar-refractivity contribution in [3.05, 3.63) is 77.4 Å². The van der Waals surface area contributed by atoms with Gasteiger partial charge in [-0.05, 0) is 50.3 Å². The van der Waals surface area contributed by atoms with Crippen molar-refractivity contribution >= 4 is 12.4 Å². The number of halogens is 1. The molecule has 0 aromatic heterocycles. The smallest absolute Gasteiger partial charge is 0.124 e. The van der Waals surface area contributed by atoms with Crippen molar-refractivity contribution in [3.63, 3.8) is 0 Å². The maximum atomic E-state index is 6.02. The molecular formula is C22H28ClNO. The van der Waals surface area contributed by atoms with Gasteiger partial charge in [0.05, 0.1) is 0 Å². The van der Waals surface area contributed by atoms with Gasteiger partial charge in [0.1, 0.15) is 12.4 Å². The van der Waals surface area contributed by atoms with Crippen LogP contribution in [0.1, 0.15) is 43.2 Å². The fourth-order valence-electron chi connectivity index (χ4n) is 3.13. The first-order valence-electron chi connectivity index (χ1n) is 9.05. The van der Waals surface area contributed by atoms with Crippen molar-refractivity contribution in [2.75, 3.05) is 6.54 Å². The van der Waals surface area contributed by atoms with Gasteiger partial charge in [0, 0.05) is 12.1 Å². The number of hydrogen-bond acceptors (Lipinski definition) is 2. The monoisotopic (exact) mass is 357 g/mol. The Hall–Kier alpha value is -1.77. The molecule has 3 rings (SSSR count). The second kappa shape index (κ2) is 11.0. The van der Waals surface area contributed by atoms with Gasteiger partial charge < -0.3 is 10.1 Å². The van der Waals surface area contributed by atoms with E-state index in [-0.39, 0.29) is 12.4 Å². The van der Waals surface area contributed by atoms with E-state index in [1.54, 1.807) is 5.57 Å². The zero-order chi connectivity index (χ0) is 16.5. The largest absolute Gasteiger partial charge is 0.489 e. The average molecular weight is 358 g/mol. The van der Waals surface area contributed by atoms with E-state index in [4.69, 9.17) is 4.74 Å². The van der Waals surface area contributed by atoms with Crippen LogP contribution < -0.4 is 10.1 Å². The Kier molecular flexibility index (Phi) is 8.58. The topological polar surface area (TPSA) is 21.3 Å². The highest BCUT2D eigenvalue weighted by Crippen LogP contribution is 2.21. The highest BCUT2D eigenvalue weighted by molar-refractivity contribution is 5.85. The van der Waals surface area contributed by atoms with E-state index in [0.29, 0.717) is 6.61 Å². The molecule has 0 spiro atoms. The van der Waals surface area contributed by atoms with Crippen molar-refractivity contribution in [1.82, 2.24) is 5.32 Å². The Morgan fingerprint density at radius 1 is 0.920 bits per heavy atom. The second-order valence-electron chi connectivity index (χ2n) is 6.42. The third-order valence-corrected chi connectivity index (χ3v) is 4.53. The molecule has 3 heteroatoms. The molecule has 1 aliphatic rings. The lowest BCUT2D eigenvalue weighted by atomic mass is 9.97. The van der Waals surface area contributed by atoms with Crippen LogP contribution in [0.4, 0.5) is 0 Å². The number of nitrogens with one attached hydrogen (secondary N) is 1. The number of hydrogen-bond donors (Lipinski definition) is 1. The van der Waals surface area contributed by atoms with Crippen LogP contribution in [0.15, 0.2) is 66.2 Å². The molecule has 0 radical (unpaired) electrons. The van der Waals surface area contributed by atoms with Gasteiger partial charge in [0.2, 0.25) is 0 Å². The van der Waals surface area contributed by atoms with Crippen LogP contribution in [-0.2, 0) is 13.2 Å². The van der Waals surface area contributed by atoms with Crippen molar-refractivity contribution < 1.29 is 4.74 Å². The lowest BCUT2D eigenvalue weighted by Gasteiger charge is -2.14. The van der Waals surface area contributed by atoms with Crippen LogP contribution in [0.25, 0.3) is 0 Å². The molecule has 0 fully saturated rings. The number of para-hydroxylation sites is 1. The minimum absolute atomic E-state index is 0. The summed E-state index contributed by atoms with van der Waals surface area (Å²) in [6, 6.07) is 18.6. The minimum atomic E-state index is 0. The van der Waals surface area contributed by atoms with Gasteiger partial charge in [0.15, 0.2) is 0 Å². The first-order valence-corrected chi connectivity index (χ1v) is 9.05. The molecule has 2 aromatic carbocycles. The summed E-state index contributed by atoms with van der Waals surface area (Å²) in [6.07, 6.45) is 8.89. The molecular weight excluding hydrogens is 330 g/mol. The molecule has 0 heterocycles. The first-order chi connectivity index (χ1) is 11.9.